The van der Waals surface area contributed by atoms with Crippen LogP contribution in [0.3, 0.4) is 0 Å². The van der Waals surface area contributed by atoms with Gasteiger partial charge in [-0.1, -0.05) is 78.9 Å². The van der Waals surface area contributed by atoms with Gasteiger partial charge in [0.25, 0.3) is 0 Å². The number of para-hydroxylation sites is 1. The van der Waals surface area contributed by atoms with Gasteiger partial charge in [0.2, 0.25) is 0 Å². The summed E-state index contributed by atoms with van der Waals surface area (Å²) in [6.07, 6.45) is 3.65. The van der Waals surface area contributed by atoms with Crippen molar-refractivity contribution in [2.75, 3.05) is 0 Å². The second-order valence-electron chi connectivity index (χ2n) is 9.84. The first-order chi connectivity index (χ1) is 19.4. The Morgan fingerprint density at radius 3 is 2.13 bits per heavy atom. The molecular weight excluding hydrogens is 515 g/mol. The lowest BCUT2D eigenvalue weighted by Gasteiger charge is -2.11. The molecule has 0 bridgehead atoms. The molecule has 4 heterocycles. The van der Waals surface area contributed by atoms with E-state index in [2.05, 4.69) is 118 Å². The maximum atomic E-state index is 4.67. The van der Waals surface area contributed by atoms with E-state index in [0.29, 0.717) is 0 Å². The summed E-state index contributed by atoms with van der Waals surface area (Å²) in [5.41, 5.74) is 6.09. The molecule has 0 fully saturated rings. The molecule has 0 atom stereocenters. The van der Waals surface area contributed by atoms with E-state index in [0.717, 1.165) is 15.9 Å². The van der Waals surface area contributed by atoms with Gasteiger partial charge in [0.15, 0.2) is 0 Å². The molecule has 0 amide bonds. The molecule has 0 spiro atoms. The minimum Gasteiger partial charge on any atom is -0.309 e. The van der Waals surface area contributed by atoms with E-state index >= 15 is 0 Å². The van der Waals surface area contributed by atoms with Crippen LogP contribution in [0.5, 0.6) is 0 Å². The summed E-state index contributed by atoms with van der Waals surface area (Å²) in [6, 6.07) is 37.2. The van der Waals surface area contributed by atoms with Crippen LogP contribution in [0.15, 0.2) is 116 Å². The first-order valence-corrected chi connectivity index (χ1v) is 14.5. The first kappa shape index (κ1) is 21.4. The van der Waals surface area contributed by atoms with E-state index in [1.807, 2.05) is 17.5 Å². The van der Waals surface area contributed by atoms with Crippen molar-refractivity contribution in [2.45, 2.75) is 0 Å². The second-order valence-corrected chi connectivity index (χ2v) is 11.9. The van der Waals surface area contributed by atoms with Gasteiger partial charge < -0.3 is 4.57 Å². The van der Waals surface area contributed by atoms with E-state index in [1.165, 1.54) is 63.2 Å². The maximum absolute atomic E-state index is 4.67. The van der Waals surface area contributed by atoms with E-state index in [4.69, 9.17) is 0 Å². The Hall–Kier alpha value is -4.58. The normalized spacial score (nSPS) is 12.1. The summed E-state index contributed by atoms with van der Waals surface area (Å²) < 4.78 is 6.37. The third-order valence-corrected chi connectivity index (χ3v) is 10.1. The maximum Gasteiger partial charge on any atom is 0.127 e. The van der Waals surface area contributed by atoms with Crippen LogP contribution >= 0.6 is 22.7 Å². The molecule has 0 saturated heterocycles. The van der Waals surface area contributed by atoms with Gasteiger partial charge in [0, 0.05) is 58.3 Å². The molecule has 0 unspecified atom stereocenters. The molecule has 9 aromatic rings. The predicted octanol–water partition coefficient (Wildman–Crippen LogP) is 9.98. The number of benzene rings is 5. The smallest absolute Gasteiger partial charge is 0.127 e. The van der Waals surface area contributed by atoms with Crippen LogP contribution < -0.4 is 0 Å². The van der Waals surface area contributed by atoms with Crippen molar-refractivity contribution in [2.24, 2.45) is 0 Å². The third-order valence-electron chi connectivity index (χ3n) is 7.76. The van der Waals surface area contributed by atoms with Crippen molar-refractivity contribution < 1.29 is 0 Å². The minimum absolute atomic E-state index is 1.04. The number of hydrogen-bond acceptors (Lipinski definition) is 4. The number of fused-ring (bicyclic) bond motifs is 12. The fourth-order valence-electron chi connectivity index (χ4n) is 6.11. The summed E-state index contributed by atoms with van der Waals surface area (Å²) in [5.74, 6) is 0. The molecule has 0 saturated carbocycles. The number of rotatable bonds is 2. The fraction of sp³-hybridized carbons (Fsp3) is 0. The summed E-state index contributed by atoms with van der Waals surface area (Å²) in [6.45, 7) is 0. The van der Waals surface area contributed by atoms with Crippen LogP contribution in [0.25, 0.3) is 79.1 Å². The van der Waals surface area contributed by atoms with E-state index < -0.39 is 0 Å². The van der Waals surface area contributed by atoms with Gasteiger partial charge in [-0.25, -0.2) is 9.97 Å². The molecule has 5 heteroatoms. The Kier molecular flexibility index (Phi) is 4.36. The highest BCUT2D eigenvalue weighted by Gasteiger charge is 2.24. The Morgan fingerprint density at radius 1 is 0.564 bits per heavy atom. The number of thiophene rings is 2. The molecule has 39 heavy (non-hydrogen) atoms. The molecule has 0 aliphatic carbocycles. The quantitative estimate of drug-likeness (QED) is 0.221. The monoisotopic (exact) mass is 533 g/mol. The highest BCUT2D eigenvalue weighted by molar-refractivity contribution is 7.30. The second kappa shape index (κ2) is 7.96. The Balaban J connectivity index is 1.50. The SMILES string of the molecule is c1ccc(-c2ccc(-n3c4ccccc4c4c5sc6ncncc6c5c5sc6ccccc6c5c43)cc2)cc1. The van der Waals surface area contributed by atoms with Crippen LogP contribution in [-0.2, 0) is 0 Å². The Labute approximate surface area is 231 Å². The van der Waals surface area contributed by atoms with E-state index in [9.17, 15) is 0 Å². The molecule has 0 radical (unpaired) electrons. The van der Waals surface area contributed by atoms with Crippen molar-refractivity contribution >= 4 is 85.0 Å². The zero-order chi connectivity index (χ0) is 25.5. The summed E-state index contributed by atoms with van der Waals surface area (Å²) in [5, 5.41) is 7.59. The molecule has 0 aliphatic heterocycles. The van der Waals surface area contributed by atoms with Gasteiger partial charge in [-0.15, -0.1) is 22.7 Å². The van der Waals surface area contributed by atoms with Crippen molar-refractivity contribution in [3.63, 3.8) is 0 Å². The highest BCUT2D eigenvalue weighted by atomic mass is 32.1. The van der Waals surface area contributed by atoms with Crippen LogP contribution in [0.2, 0.25) is 0 Å². The van der Waals surface area contributed by atoms with Crippen molar-refractivity contribution in [1.82, 2.24) is 14.5 Å². The first-order valence-electron chi connectivity index (χ1n) is 12.9. The van der Waals surface area contributed by atoms with Gasteiger partial charge in [0.05, 0.1) is 11.0 Å². The lowest BCUT2D eigenvalue weighted by atomic mass is 10.0. The van der Waals surface area contributed by atoms with E-state index in [1.54, 1.807) is 17.7 Å². The fourth-order valence-corrected chi connectivity index (χ4v) is 8.62. The molecular formula is C34H19N3S2. The lowest BCUT2D eigenvalue weighted by Crippen LogP contribution is -1.94. The number of hydrogen-bond donors (Lipinski definition) is 0. The molecule has 3 nitrogen and oxygen atoms in total. The largest absolute Gasteiger partial charge is 0.309 e. The predicted molar refractivity (Wildman–Crippen MR) is 168 cm³/mol. The number of nitrogens with zero attached hydrogens (tertiary/aromatic N) is 3. The van der Waals surface area contributed by atoms with Crippen LogP contribution in [0.1, 0.15) is 0 Å². The number of aromatic nitrogens is 3. The van der Waals surface area contributed by atoms with Gasteiger partial charge in [0.1, 0.15) is 11.2 Å². The molecule has 5 aromatic carbocycles. The molecule has 4 aromatic heterocycles. The lowest BCUT2D eigenvalue weighted by molar-refractivity contribution is 1.19. The highest BCUT2D eigenvalue weighted by Crippen LogP contribution is 2.51. The Bertz CT molecular complexity index is 2350. The van der Waals surface area contributed by atoms with Crippen LogP contribution in [0.4, 0.5) is 0 Å². The van der Waals surface area contributed by atoms with Crippen molar-refractivity contribution in [3.05, 3.63) is 116 Å². The van der Waals surface area contributed by atoms with Gasteiger partial charge in [-0.05, 0) is 35.4 Å². The molecule has 9 rings (SSSR count). The molecule has 182 valence electrons. The van der Waals surface area contributed by atoms with Gasteiger partial charge >= 0.3 is 0 Å². The van der Waals surface area contributed by atoms with Crippen molar-refractivity contribution in [3.8, 4) is 16.8 Å². The summed E-state index contributed by atoms with van der Waals surface area (Å²) in [7, 11) is 0. The Morgan fingerprint density at radius 2 is 1.26 bits per heavy atom. The summed E-state index contributed by atoms with van der Waals surface area (Å²) >= 11 is 3.66. The third kappa shape index (κ3) is 2.91. The molecule has 0 aliphatic rings. The topological polar surface area (TPSA) is 30.7 Å². The average Bonchev–Trinajstić information content (AvgIpc) is 3.67. The zero-order valence-electron chi connectivity index (χ0n) is 20.6. The van der Waals surface area contributed by atoms with Gasteiger partial charge in [-0.3, -0.25) is 0 Å². The molecule has 0 N–H and O–H groups in total. The van der Waals surface area contributed by atoms with Crippen LogP contribution in [0, 0.1) is 0 Å². The van der Waals surface area contributed by atoms with Gasteiger partial charge in [-0.2, -0.15) is 0 Å². The minimum atomic E-state index is 1.04. The van der Waals surface area contributed by atoms with Crippen LogP contribution in [-0.4, -0.2) is 14.5 Å². The van der Waals surface area contributed by atoms with Crippen molar-refractivity contribution in [1.29, 1.82) is 0 Å². The zero-order valence-corrected chi connectivity index (χ0v) is 22.3. The average molecular weight is 534 g/mol. The van der Waals surface area contributed by atoms with E-state index in [-0.39, 0.29) is 0 Å². The standard InChI is InChI=1S/C34H19N3S2/c1-2-8-20(9-3-1)21-14-16-22(17-15-21)37-26-12-6-4-10-23(26)28-31(37)29-24-11-5-7-13-27(24)38-32(29)30-25-18-35-19-36-34(25)39-33(28)30/h1-19H. The summed E-state index contributed by atoms with van der Waals surface area (Å²) in [4.78, 5) is 10.1.